The smallest absolute Gasteiger partial charge is 0.0430 e. The van der Waals surface area contributed by atoms with Gasteiger partial charge in [0.15, 0.2) is 0 Å². The van der Waals surface area contributed by atoms with Crippen LogP contribution >= 0.6 is 0 Å². The monoisotopic (exact) mass is 268 g/mol. The van der Waals surface area contributed by atoms with Crippen molar-refractivity contribution in [3.05, 3.63) is 48.0 Å². The molecule has 2 unspecified atom stereocenters. The van der Waals surface area contributed by atoms with E-state index in [1.165, 1.54) is 29.2 Å². The fraction of sp³-hybridized carbons (Fsp3) is 0.444. The molecule has 1 fully saturated rings. The summed E-state index contributed by atoms with van der Waals surface area (Å²) in [6.07, 6.45) is 2.77. The Balaban J connectivity index is 1.79. The van der Waals surface area contributed by atoms with Crippen LogP contribution in [0.2, 0.25) is 0 Å². The Kier molecular flexibility index (Phi) is 3.77. The topological polar surface area (TPSA) is 29.3 Å². The number of hydrogen-bond donors (Lipinski definition) is 1. The van der Waals surface area contributed by atoms with Crippen molar-refractivity contribution in [2.45, 2.75) is 31.8 Å². The van der Waals surface area contributed by atoms with Crippen molar-refractivity contribution in [1.82, 2.24) is 4.90 Å². The number of hydrogen-bond acceptors (Lipinski definition) is 2. The van der Waals surface area contributed by atoms with E-state index in [-0.39, 0.29) is 6.04 Å². The van der Waals surface area contributed by atoms with Gasteiger partial charge in [-0.2, -0.15) is 0 Å². The minimum absolute atomic E-state index is 0.0762. The van der Waals surface area contributed by atoms with Crippen molar-refractivity contribution in [3.8, 4) is 0 Å². The van der Waals surface area contributed by atoms with Gasteiger partial charge in [0.2, 0.25) is 0 Å². The third-order valence-corrected chi connectivity index (χ3v) is 4.71. The van der Waals surface area contributed by atoms with Crippen LogP contribution < -0.4 is 5.73 Å². The number of rotatable bonds is 5. The van der Waals surface area contributed by atoms with E-state index in [0.29, 0.717) is 6.04 Å². The van der Waals surface area contributed by atoms with E-state index in [9.17, 15) is 0 Å². The Morgan fingerprint density at radius 1 is 1.15 bits per heavy atom. The van der Waals surface area contributed by atoms with Gasteiger partial charge in [0.25, 0.3) is 0 Å². The van der Waals surface area contributed by atoms with E-state index in [4.69, 9.17) is 5.73 Å². The van der Waals surface area contributed by atoms with Gasteiger partial charge in [0, 0.05) is 18.6 Å². The zero-order valence-corrected chi connectivity index (χ0v) is 12.4. The number of likely N-dealkylation sites (N-methyl/N-ethyl adjacent to an activating group) is 1. The zero-order valence-electron chi connectivity index (χ0n) is 12.4. The molecule has 0 saturated heterocycles. The molecular formula is C18H24N2. The molecule has 0 radical (unpaired) electrons. The number of fused-ring (bicyclic) bond motifs is 1. The Hall–Kier alpha value is -1.38. The fourth-order valence-corrected chi connectivity index (χ4v) is 3.09. The normalized spacial score (nSPS) is 18.4. The van der Waals surface area contributed by atoms with Gasteiger partial charge >= 0.3 is 0 Å². The summed E-state index contributed by atoms with van der Waals surface area (Å²) in [6.45, 7) is 3.25. The summed E-state index contributed by atoms with van der Waals surface area (Å²) in [5.74, 6) is 0.889. The summed E-state index contributed by atoms with van der Waals surface area (Å²) >= 11 is 0. The van der Waals surface area contributed by atoms with Gasteiger partial charge < -0.3 is 10.6 Å². The molecule has 0 amide bonds. The molecule has 0 bridgehead atoms. The standard InChI is InChI=1S/C18H24N2/c1-13(14-10-11-14)20(2)12-18(19)17-9-5-7-15-6-3-4-8-16(15)17/h3-9,13-14,18H,10-12,19H2,1-2H3. The summed E-state index contributed by atoms with van der Waals surface area (Å²) in [6, 6.07) is 15.7. The van der Waals surface area contributed by atoms with Crippen molar-refractivity contribution >= 4 is 10.8 Å². The summed E-state index contributed by atoms with van der Waals surface area (Å²) in [7, 11) is 2.20. The molecule has 1 saturated carbocycles. The van der Waals surface area contributed by atoms with Gasteiger partial charge in [-0.3, -0.25) is 0 Å². The highest BCUT2D eigenvalue weighted by molar-refractivity contribution is 5.86. The maximum absolute atomic E-state index is 6.48. The second-order valence-electron chi connectivity index (χ2n) is 6.19. The van der Waals surface area contributed by atoms with Crippen LogP contribution in [-0.4, -0.2) is 24.5 Å². The quantitative estimate of drug-likeness (QED) is 0.898. The van der Waals surface area contributed by atoms with Crippen LogP contribution in [0.15, 0.2) is 42.5 Å². The summed E-state index contributed by atoms with van der Waals surface area (Å²) in [5.41, 5.74) is 7.74. The van der Waals surface area contributed by atoms with E-state index < -0.39 is 0 Å². The molecule has 2 nitrogen and oxygen atoms in total. The van der Waals surface area contributed by atoms with Crippen molar-refractivity contribution < 1.29 is 0 Å². The molecule has 1 aliphatic rings. The molecule has 106 valence electrons. The average Bonchev–Trinajstić information content (AvgIpc) is 3.30. The van der Waals surface area contributed by atoms with Gasteiger partial charge in [-0.05, 0) is 49.1 Å². The highest BCUT2D eigenvalue weighted by atomic mass is 15.1. The van der Waals surface area contributed by atoms with E-state index in [1.807, 2.05) is 0 Å². The van der Waals surface area contributed by atoms with Gasteiger partial charge in [0.05, 0.1) is 0 Å². The predicted molar refractivity (Wildman–Crippen MR) is 85.7 cm³/mol. The Labute approximate surface area is 121 Å². The first kappa shape index (κ1) is 13.6. The minimum Gasteiger partial charge on any atom is -0.323 e. The lowest BCUT2D eigenvalue weighted by molar-refractivity contribution is 0.222. The van der Waals surface area contributed by atoms with Crippen molar-refractivity contribution in [2.24, 2.45) is 11.7 Å². The van der Waals surface area contributed by atoms with E-state index in [0.717, 1.165) is 12.5 Å². The second-order valence-corrected chi connectivity index (χ2v) is 6.19. The number of nitrogens with zero attached hydrogens (tertiary/aromatic N) is 1. The second kappa shape index (κ2) is 5.55. The van der Waals surface area contributed by atoms with Crippen LogP contribution in [-0.2, 0) is 0 Å². The molecule has 0 spiro atoms. The summed E-state index contributed by atoms with van der Waals surface area (Å²) in [4.78, 5) is 2.42. The van der Waals surface area contributed by atoms with Crippen molar-refractivity contribution in [3.63, 3.8) is 0 Å². The predicted octanol–water partition coefficient (Wildman–Crippen LogP) is 3.57. The van der Waals surface area contributed by atoms with Crippen LogP contribution in [0.25, 0.3) is 10.8 Å². The van der Waals surface area contributed by atoms with Crippen LogP contribution in [0.1, 0.15) is 31.4 Å². The highest BCUT2D eigenvalue weighted by Gasteiger charge is 2.31. The van der Waals surface area contributed by atoms with Crippen molar-refractivity contribution in [2.75, 3.05) is 13.6 Å². The molecule has 1 aliphatic carbocycles. The van der Waals surface area contributed by atoms with Gasteiger partial charge in [0.1, 0.15) is 0 Å². The molecule has 2 atom stereocenters. The fourth-order valence-electron chi connectivity index (χ4n) is 3.09. The molecule has 2 aromatic rings. The first-order valence-corrected chi connectivity index (χ1v) is 7.60. The van der Waals surface area contributed by atoms with E-state index in [1.54, 1.807) is 0 Å². The summed E-state index contributed by atoms with van der Waals surface area (Å²) in [5, 5.41) is 2.56. The Bertz CT molecular complexity index is 583. The SMILES string of the molecule is CC(C1CC1)N(C)CC(N)c1cccc2ccccc12. The number of benzene rings is 2. The maximum Gasteiger partial charge on any atom is 0.0430 e. The highest BCUT2D eigenvalue weighted by Crippen LogP contribution is 2.35. The van der Waals surface area contributed by atoms with Gasteiger partial charge in [-0.1, -0.05) is 42.5 Å². The van der Waals surface area contributed by atoms with E-state index in [2.05, 4.69) is 61.3 Å². The minimum atomic E-state index is 0.0762. The first-order chi connectivity index (χ1) is 9.66. The lowest BCUT2D eigenvalue weighted by Crippen LogP contribution is -2.36. The zero-order chi connectivity index (χ0) is 14.1. The first-order valence-electron chi connectivity index (χ1n) is 7.60. The van der Waals surface area contributed by atoms with Crippen LogP contribution in [0.4, 0.5) is 0 Å². The molecule has 0 aromatic heterocycles. The Morgan fingerprint density at radius 3 is 2.60 bits per heavy atom. The lowest BCUT2D eigenvalue weighted by atomic mass is 9.98. The molecule has 0 aliphatic heterocycles. The van der Waals surface area contributed by atoms with Crippen LogP contribution in [0, 0.1) is 5.92 Å². The number of nitrogens with two attached hydrogens (primary N) is 1. The largest absolute Gasteiger partial charge is 0.323 e. The molecule has 2 aromatic carbocycles. The average molecular weight is 268 g/mol. The third-order valence-electron chi connectivity index (χ3n) is 4.71. The summed E-state index contributed by atoms with van der Waals surface area (Å²) < 4.78 is 0. The molecular weight excluding hydrogens is 244 g/mol. The molecule has 0 heterocycles. The van der Waals surface area contributed by atoms with Crippen LogP contribution in [0.3, 0.4) is 0 Å². The molecule has 3 rings (SSSR count). The lowest BCUT2D eigenvalue weighted by Gasteiger charge is -2.28. The third kappa shape index (κ3) is 2.72. The Morgan fingerprint density at radius 2 is 1.85 bits per heavy atom. The van der Waals surface area contributed by atoms with E-state index >= 15 is 0 Å². The van der Waals surface area contributed by atoms with Gasteiger partial charge in [-0.25, -0.2) is 0 Å². The van der Waals surface area contributed by atoms with Crippen molar-refractivity contribution in [1.29, 1.82) is 0 Å². The van der Waals surface area contributed by atoms with Crippen LogP contribution in [0.5, 0.6) is 0 Å². The molecule has 20 heavy (non-hydrogen) atoms. The molecule has 2 heteroatoms. The van der Waals surface area contributed by atoms with Gasteiger partial charge in [-0.15, -0.1) is 0 Å². The molecule has 2 N–H and O–H groups in total. The maximum atomic E-state index is 6.48.